The third kappa shape index (κ3) is 3.25. The van der Waals surface area contributed by atoms with Crippen LogP contribution in [-0.4, -0.2) is 69.1 Å². The number of nitrogens with zero attached hydrogens (tertiary/aromatic N) is 6. The Hall–Kier alpha value is -2.51. The molecule has 0 radical (unpaired) electrons. The second-order valence-electron chi connectivity index (χ2n) is 8.06. The largest absolute Gasteiger partial charge is 0.391 e. The standard InChI is InChI=1S/C21H26N6O/c1-25-7-4-17(5-8-25)27-12-16(11-24-27)15-2-3-19-20(10-15)22-14-23-21(19)26-9-6-18(28)13-26/h2-3,10-12,14,17-18,28H,4-9,13H2,1H3. The summed E-state index contributed by atoms with van der Waals surface area (Å²) in [6, 6.07) is 6.82. The molecule has 2 aromatic heterocycles. The molecule has 2 saturated heterocycles. The third-order valence-corrected chi connectivity index (χ3v) is 6.08. The first-order valence-corrected chi connectivity index (χ1v) is 10.1. The molecule has 0 amide bonds. The van der Waals surface area contributed by atoms with Gasteiger partial charge in [0.05, 0.1) is 23.9 Å². The number of aromatic nitrogens is 4. The van der Waals surface area contributed by atoms with E-state index in [0.29, 0.717) is 12.6 Å². The lowest BCUT2D eigenvalue weighted by atomic mass is 10.1. The summed E-state index contributed by atoms with van der Waals surface area (Å²) in [5, 5.41) is 15.5. The molecule has 4 heterocycles. The summed E-state index contributed by atoms with van der Waals surface area (Å²) in [5.74, 6) is 0.912. The van der Waals surface area contributed by atoms with Crippen LogP contribution in [0.4, 0.5) is 5.82 Å². The average Bonchev–Trinajstić information content (AvgIpc) is 3.37. The molecule has 0 saturated carbocycles. The number of β-amino-alcohol motifs (C(OH)–C–C–N with tert-alkyl or cyclic N) is 1. The zero-order valence-corrected chi connectivity index (χ0v) is 16.2. The SMILES string of the molecule is CN1CCC(n2cc(-c3ccc4c(N5CCC(O)C5)ncnc4c3)cn2)CC1. The van der Waals surface area contributed by atoms with Crippen LogP contribution in [0.3, 0.4) is 0 Å². The second kappa shape index (κ2) is 7.14. The van der Waals surface area contributed by atoms with Gasteiger partial charge >= 0.3 is 0 Å². The fourth-order valence-corrected chi connectivity index (χ4v) is 4.35. The summed E-state index contributed by atoms with van der Waals surface area (Å²) in [7, 11) is 2.18. The van der Waals surface area contributed by atoms with E-state index in [0.717, 1.165) is 66.7 Å². The number of benzene rings is 1. The number of aliphatic hydroxyl groups is 1. The predicted molar refractivity (Wildman–Crippen MR) is 109 cm³/mol. The van der Waals surface area contributed by atoms with Gasteiger partial charge in [0.1, 0.15) is 12.1 Å². The van der Waals surface area contributed by atoms with E-state index in [9.17, 15) is 5.11 Å². The molecule has 2 aliphatic heterocycles. The van der Waals surface area contributed by atoms with Crippen LogP contribution in [0.2, 0.25) is 0 Å². The van der Waals surface area contributed by atoms with Crippen LogP contribution in [0.15, 0.2) is 36.9 Å². The number of hydrogen-bond acceptors (Lipinski definition) is 6. The average molecular weight is 378 g/mol. The highest BCUT2D eigenvalue weighted by molar-refractivity contribution is 5.92. The molecule has 2 fully saturated rings. The number of rotatable bonds is 3. The van der Waals surface area contributed by atoms with Crippen molar-refractivity contribution in [2.75, 3.05) is 38.1 Å². The van der Waals surface area contributed by atoms with Gasteiger partial charge < -0.3 is 14.9 Å². The van der Waals surface area contributed by atoms with Crippen LogP contribution in [-0.2, 0) is 0 Å². The topological polar surface area (TPSA) is 70.3 Å². The lowest BCUT2D eigenvalue weighted by molar-refractivity contribution is 0.198. The van der Waals surface area contributed by atoms with Crippen LogP contribution in [0.5, 0.6) is 0 Å². The van der Waals surface area contributed by atoms with Crippen LogP contribution in [0.25, 0.3) is 22.0 Å². The number of fused-ring (bicyclic) bond motifs is 1. The Kier molecular flexibility index (Phi) is 4.49. The zero-order chi connectivity index (χ0) is 19.1. The van der Waals surface area contributed by atoms with E-state index in [1.54, 1.807) is 6.33 Å². The molecule has 28 heavy (non-hydrogen) atoms. The van der Waals surface area contributed by atoms with Gasteiger partial charge in [-0.25, -0.2) is 9.97 Å². The van der Waals surface area contributed by atoms with Crippen LogP contribution >= 0.6 is 0 Å². The van der Waals surface area contributed by atoms with E-state index in [-0.39, 0.29) is 6.10 Å². The van der Waals surface area contributed by atoms with Gasteiger partial charge in [-0.1, -0.05) is 6.07 Å². The van der Waals surface area contributed by atoms with E-state index in [1.165, 1.54) is 0 Å². The number of hydrogen-bond donors (Lipinski definition) is 1. The highest BCUT2D eigenvalue weighted by atomic mass is 16.3. The number of piperidine rings is 1. The zero-order valence-electron chi connectivity index (χ0n) is 16.2. The summed E-state index contributed by atoms with van der Waals surface area (Å²) < 4.78 is 2.13. The van der Waals surface area contributed by atoms with Gasteiger partial charge in [-0.05, 0) is 57.1 Å². The fraction of sp³-hybridized carbons (Fsp3) is 0.476. The maximum absolute atomic E-state index is 9.85. The van der Waals surface area contributed by atoms with Gasteiger partial charge in [0.2, 0.25) is 0 Å². The minimum absolute atomic E-state index is 0.269. The molecule has 5 rings (SSSR count). The summed E-state index contributed by atoms with van der Waals surface area (Å²) in [4.78, 5) is 13.5. The normalized spacial score (nSPS) is 21.6. The van der Waals surface area contributed by atoms with Gasteiger partial charge in [-0.2, -0.15) is 5.10 Å². The predicted octanol–water partition coefficient (Wildman–Crippen LogP) is 2.33. The van der Waals surface area contributed by atoms with E-state index in [1.807, 2.05) is 6.20 Å². The third-order valence-electron chi connectivity index (χ3n) is 6.08. The van der Waals surface area contributed by atoms with Crippen molar-refractivity contribution in [3.8, 4) is 11.1 Å². The lowest BCUT2D eigenvalue weighted by Gasteiger charge is -2.28. The Morgan fingerprint density at radius 1 is 1.04 bits per heavy atom. The summed E-state index contributed by atoms with van der Waals surface area (Å²) in [6.45, 7) is 3.72. The van der Waals surface area contributed by atoms with Crippen LogP contribution < -0.4 is 4.90 Å². The molecule has 3 aromatic rings. The number of anilines is 1. The summed E-state index contributed by atoms with van der Waals surface area (Å²) >= 11 is 0. The molecule has 0 bridgehead atoms. The van der Waals surface area contributed by atoms with Crippen molar-refractivity contribution in [2.24, 2.45) is 0 Å². The molecule has 1 unspecified atom stereocenters. The fourth-order valence-electron chi connectivity index (χ4n) is 4.35. The van der Waals surface area contributed by atoms with E-state index >= 15 is 0 Å². The molecular weight excluding hydrogens is 352 g/mol. The molecule has 0 aliphatic carbocycles. The van der Waals surface area contributed by atoms with Gasteiger partial charge in [0.15, 0.2) is 0 Å². The molecule has 2 aliphatic rings. The Morgan fingerprint density at radius 3 is 2.68 bits per heavy atom. The van der Waals surface area contributed by atoms with Crippen molar-refractivity contribution in [1.82, 2.24) is 24.6 Å². The molecule has 1 aromatic carbocycles. The Balaban J connectivity index is 1.43. The number of aliphatic hydroxyl groups excluding tert-OH is 1. The molecule has 7 heteroatoms. The van der Waals surface area contributed by atoms with E-state index < -0.39 is 0 Å². The monoisotopic (exact) mass is 378 g/mol. The summed E-state index contributed by atoms with van der Waals surface area (Å²) in [5.41, 5.74) is 3.17. The molecule has 1 N–H and O–H groups in total. The maximum atomic E-state index is 9.85. The van der Waals surface area contributed by atoms with Crippen LogP contribution in [0.1, 0.15) is 25.3 Å². The number of likely N-dealkylation sites (tertiary alicyclic amines) is 1. The van der Waals surface area contributed by atoms with Crippen molar-refractivity contribution in [3.05, 3.63) is 36.9 Å². The van der Waals surface area contributed by atoms with Crippen molar-refractivity contribution in [2.45, 2.75) is 31.4 Å². The minimum Gasteiger partial charge on any atom is -0.391 e. The molecule has 0 spiro atoms. The smallest absolute Gasteiger partial charge is 0.139 e. The minimum atomic E-state index is -0.269. The molecular formula is C21H26N6O. The first kappa shape index (κ1) is 17.6. The second-order valence-corrected chi connectivity index (χ2v) is 8.06. The van der Waals surface area contributed by atoms with Gasteiger partial charge in [0.25, 0.3) is 0 Å². The van der Waals surface area contributed by atoms with Gasteiger partial charge in [-0.15, -0.1) is 0 Å². The maximum Gasteiger partial charge on any atom is 0.139 e. The molecule has 7 nitrogen and oxygen atoms in total. The highest BCUT2D eigenvalue weighted by Gasteiger charge is 2.23. The van der Waals surface area contributed by atoms with Crippen LogP contribution in [0, 0.1) is 0 Å². The van der Waals surface area contributed by atoms with Crippen molar-refractivity contribution in [3.63, 3.8) is 0 Å². The van der Waals surface area contributed by atoms with E-state index in [4.69, 9.17) is 0 Å². The Morgan fingerprint density at radius 2 is 1.89 bits per heavy atom. The first-order chi connectivity index (χ1) is 13.7. The van der Waals surface area contributed by atoms with Crippen molar-refractivity contribution in [1.29, 1.82) is 0 Å². The lowest BCUT2D eigenvalue weighted by Crippen LogP contribution is -2.31. The Bertz CT molecular complexity index is 978. The van der Waals surface area contributed by atoms with Gasteiger partial charge in [0, 0.05) is 30.2 Å². The molecule has 1 atom stereocenters. The first-order valence-electron chi connectivity index (χ1n) is 10.1. The highest BCUT2D eigenvalue weighted by Crippen LogP contribution is 2.30. The van der Waals surface area contributed by atoms with Crippen molar-refractivity contribution < 1.29 is 5.11 Å². The Labute approximate surface area is 164 Å². The summed E-state index contributed by atoms with van der Waals surface area (Å²) in [6.07, 6.45) is 8.55. The van der Waals surface area contributed by atoms with Crippen molar-refractivity contribution >= 4 is 16.7 Å². The quantitative estimate of drug-likeness (QED) is 0.754. The van der Waals surface area contributed by atoms with E-state index in [2.05, 4.69) is 61.0 Å². The van der Waals surface area contributed by atoms with Gasteiger partial charge in [-0.3, -0.25) is 4.68 Å². The molecule has 146 valence electrons.